The van der Waals surface area contributed by atoms with Crippen molar-refractivity contribution in [1.29, 1.82) is 0 Å². The van der Waals surface area contributed by atoms with Gasteiger partial charge in [0.25, 0.3) is 0 Å². The van der Waals surface area contributed by atoms with Crippen LogP contribution in [0.5, 0.6) is 5.75 Å². The van der Waals surface area contributed by atoms with E-state index in [-0.39, 0.29) is 12.4 Å². The second kappa shape index (κ2) is 7.67. The molecule has 25 heavy (non-hydrogen) atoms. The molecule has 7 nitrogen and oxygen atoms in total. The van der Waals surface area contributed by atoms with Gasteiger partial charge in [-0.2, -0.15) is 5.10 Å². The van der Waals surface area contributed by atoms with Crippen LogP contribution in [0.1, 0.15) is 5.56 Å². The number of nitrogens with one attached hydrogen (secondary N) is 2. The number of phenolic OH excluding ortho intramolecular Hbond substituents is 1. The van der Waals surface area contributed by atoms with Gasteiger partial charge < -0.3 is 20.4 Å². The summed E-state index contributed by atoms with van der Waals surface area (Å²) in [5.41, 5.74) is 3.73. The Morgan fingerprint density at radius 3 is 2.68 bits per heavy atom. The summed E-state index contributed by atoms with van der Waals surface area (Å²) in [6.07, 6.45) is 3.52. The van der Waals surface area contributed by atoms with E-state index in [9.17, 15) is 10.2 Å². The number of aromatic hydroxyl groups is 1. The summed E-state index contributed by atoms with van der Waals surface area (Å²) in [5, 5.41) is 28.8. The monoisotopic (exact) mass is 339 g/mol. The number of aliphatic hydroxyl groups is 1. The van der Waals surface area contributed by atoms with Crippen LogP contribution in [0.15, 0.2) is 48.8 Å². The van der Waals surface area contributed by atoms with Crippen molar-refractivity contribution in [2.75, 3.05) is 30.4 Å². The highest BCUT2D eigenvalue weighted by Crippen LogP contribution is 2.28. The lowest BCUT2D eigenvalue weighted by Gasteiger charge is -2.20. The molecule has 2 aromatic heterocycles. The van der Waals surface area contributed by atoms with Crippen molar-refractivity contribution >= 4 is 11.5 Å². The fourth-order valence-electron chi connectivity index (χ4n) is 2.55. The molecule has 0 aliphatic rings. The molecule has 0 aliphatic heterocycles. The molecular weight excluding hydrogens is 318 g/mol. The number of nitrogens with zero attached hydrogens (tertiary/aromatic N) is 3. The molecule has 0 bridgehead atoms. The minimum absolute atomic E-state index is 0.0603. The Labute approximate surface area is 146 Å². The third-order valence-corrected chi connectivity index (χ3v) is 3.88. The molecule has 0 saturated heterocycles. The van der Waals surface area contributed by atoms with Crippen LogP contribution < -0.4 is 10.2 Å². The molecule has 0 spiro atoms. The largest absolute Gasteiger partial charge is 0.508 e. The predicted octanol–water partition coefficient (Wildman–Crippen LogP) is 2.22. The van der Waals surface area contributed by atoms with Gasteiger partial charge in [0.15, 0.2) is 0 Å². The van der Waals surface area contributed by atoms with E-state index >= 15 is 0 Å². The predicted molar refractivity (Wildman–Crippen MR) is 97.6 cm³/mol. The molecule has 0 unspecified atom stereocenters. The number of hydrogen-bond donors (Lipinski definition) is 4. The number of rotatable bonds is 7. The zero-order chi connectivity index (χ0) is 17.6. The zero-order valence-corrected chi connectivity index (χ0v) is 14.0. The summed E-state index contributed by atoms with van der Waals surface area (Å²) in [6.45, 7) is 1.16. The Hall–Kier alpha value is -3.06. The fraction of sp³-hybridized carbons (Fsp3) is 0.222. The van der Waals surface area contributed by atoms with E-state index in [2.05, 4.69) is 26.6 Å². The zero-order valence-electron chi connectivity index (χ0n) is 14.0. The van der Waals surface area contributed by atoms with Gasteiger partial charge in [-0.3, -0.25) is 5.10 Å². The topological polar surface area (TPSA) is 97.3 Å². The molecule has 3 rings (SSSR count). The van der Waals surface area contributed by atoms with Gasteiger partial charge >= 0.3 is 0 Å². The Bertz CT molecular complexity index is 803. The summed E-state index contributed by atoms with van der Waals surface area (Å²) >= 11 is 0. The van der Waals surface area contributed by atoms with Gasteiger partial charge in [-0.05, 0) is 42.0 Å². The van der Waals surface area contributed by atoms with Crippen LogP contribution in [0.25, 0.3) is 11.3 Å². The minimum Gasteiger partial charge on any atom is -0.508 e. The number of hydrogen-bond acceptors (Lipinski definition) is 6. The number of phenols is 1. The highest BCUT2D eigenvalue weighted by molar-refractivity contribution is 5.73. The van der Waals surface area contributed by atoms with Crippen molar-refractivity contribution in [3.8, 4) is 17.0 Å². The summed E-state index contributed by atoms with van der Waals surface area (Å²) in [5.74, 6) is 1.02. The molecule has 0 atom stereocenters. The lowest BCUT2D eigenvalue weighted by atomic mass is 10.1. The number of aromatic amines is 1. The van der Waals surface area contributed by atoms with Crippen LogP contribution in [0, 0.1) is 0 Å². The molecule has 0 saturated carbocycles. The van der Waals surface area contributed by atoms with Gasteiger partial charge in [-0.1, -0.05) is 0 Å². The van der Waals surface area contributed by atoms with Crippen LogP contribution in [0.3, 0.4) is 0 Å². The summed E-state index contributed by atoms with van der Waals surface area (Å²) in [4.78, 5) is 6.48. The van der Waals surface area contributed by atoms with Gasteiger partial charge in [0.2, 0.25) is 0 Å². The van der Waals surface area contributed by atoms with E-state index in [4.69, 9.17) is 0 Å². The third-order valence-electron chi connectivity index (χ3n) is 3.88. The molecule has 0 fully saturated rings. The summed E-state index contributed by atoms with van der Waals surface area (Å²) in [7, 11) is 1.90. The first-order valence-corrected chi connectivity index (χ1v) is 8.01. The van der Waals surface area contributed by atoms with E-state index in [1.165, 1.54) is 0 Å². The van der Waals surface area contributed by atoms with E-state index in [0.29, 0.717) is 13.1 Å². The molecule has 0 aliphatic carbocycles. The average Bonchev–Trinajstić information content (AvgIpc) is 3.16. The third kappa shape index (κ3) is 4.07. The van der Waals surface area contributed by atoms with Crippen LogP contribution in [-0.2, 0) is 6.54 Å². The van der Waals surface area contributed by atoms with Gasteiger partial charge in [0, 0.05) is 43.8 Å². The quantitative estimate of drug-likeness (QED) is 0.493. The van der Waals surface area contributed by atoms with E-state index in [1.54, 1.807) is 18.3 Å². The van der Waals surface area contributed by atoms with Crippen LogP contribution in [0.2, 0.25) is 0 Å². The number of aromatic nitrogens is 3. The van der Waals surface area contributed by atoms with E-state index in [0.717, 1.165) is 28.3 Å². The number of benzene rings is 1. The second-order valence-corrected chi connectivity index (χ2v) is 5.73. The molecule has 3 aromatic rings. The number of aliphatic hydroxyl groups excluding tert-OH is 1. The normalized spacial score (nSPS) is 10.6. The molecular formula is C18H21N5O2. The second-order valence-electron chi connectivity index (χ2n) is 5.73. The highest BCUT2D eigenvalue weighted by atomic mass is 16.3. The SMILES string of the molecule is CN(CCO)c1ncc(CNc2ccc(O)cc2)cc1-c1ccn[nH]1. The summed E-state index contributed by atoms with van der Waals surface area (Å²) < 4.78 is 0. The molecule has 0 radical (unpaired) electrons. The fourth-order valence-corrected chi connectivity index (χ4v) is 2.55. The minimum atomic E-state index is 0.0603. The van der Waals surface area contributed by atoms with E-state index in [1.807, 2.05) is 36.3 Å². The van der Waals surface area contributed by atoms with Crippen molar-refractivity contribution in [2.24, 2.45) is 0 Å². The first-order valence-electron chi connectivity index (χ1n) is 8.01. The Morgan fingerprint density at radius 2 is 2.00 bits per heavy atom. The first-order chi connectivity index (χ1) is 12.2. The number of H-pyrrole nitrogens is 1. The van der Waals surface area contributed by atoms with Crippen LogP contribution in [0.4, 0.5) is 11.5 Å². The first kappa shape index (κ1) is 16.8. The van der Waals surface area contributed by atoms with Gasteiger partial charge in [-0.25, -0.2) is 4.98 Å². The molecule has 4 N–H and O–H groups in total. The van der Waals surface area contributed by atoms with Crippen molar-refractivity contribution < 1.29 is 10.2 Å². The standard InChI is InChI=1S/C18H21N5O2/c1-23(8-9-24)18-16(17-6-7-21-22-17)10-13(12-20-18)11-19-14-2-4-15(25)5-3-14/h2-7,10,12,19,24-25H,8-9,11H2,1H3,(H,21,22). The van der Waals surface area contributed by atoms with Crippen molar-refractivity contribution in [3.63, 3.8) is 0 Å². The number of anilines is 2. The van der Waals surface area contributed by atoms with Gasteiger partial charge in [-0.15, -0.1) is 0 Å². The summed E-state index contributed by atoms with van der Waals surface area (Å²) in [6, 6.07) is 10.9. The smallest absolute Gasteiger partial charge is 0.137 e. The number of pyridine rings is 1. The molecule has 1 aromatic carbocycles. The highest BCUT2D eigenvalue weighted by Gasteiger charge is 2.13. The van der Waals surface area contributed by atoms with Crippen molar-refractivity contribution in [3.05, 3.63) is 54.4 Å². The maximum atomic E-state index is 9.34. The lowest BCUT2D eigenvalue weighted by molar-refractivity contribution is 0.304. The van der Waals surface area contributed by atoms with Gasteiger partial charge in [0.1, 0.15) is 11.6 Å². The van der Waals surface area contributed by atoms with Crippen molar-refractivity contribution in [2.45, 2.75) is 6.54 Å². The maximum absolute atomic E-state index is 9.34. The van der Waals surface area contributed by atoms with Crippen LogP contribution in [-0.4, -0.2) is 45.6 Å². The van der Waals surface area contributed by atoms with Crippen molar-refractivity contribution in [1.82, 2.24) is 15.2 Å². The van der Waals surface area contributed by atoms with Gasteiger partial charge in [0.05, 0.1) is 12.3 Å². The van der Waals surface area contributed by atoms with Crippen LogP contribution >= 0.6 is 0 Å². The Morgan fingerprint density at radius 1 is 1.20 bits per heavy atom. The maximum Gasteiger partial charge on any atom is 0.137 e. The Kier molecular flexibility index (Phi) is 5.15. The average molecular weight is 339 g/mol. The molecule has 130 valence electrons. The molecule has 2 heterocycles. The van der Waals surface area contributed by atoms with E-state index < -0.39 is 0 Å². The lowest BCUT2D eigenvalue weighted by Crippen LogP contribution is -2.23. The number of likely N-dealkylation sites (N-methyl/N-ethyl adjacent to an activating group) is 1. The molecule has 7 heteroatoms. The molecule has 0 amide bonds. The Balaban J connectivity index is 1.83.